The number of carboxylic acids is 1. The van der Waals surface area contributed by atoms with Gasteiger partial charge in [0.15, 0.2) is 17.3 Å². The van der Waals surface area contributed by atoms with Crippen molar-refractivity contribution in [3.05, 3.63) is 23.8 Å². The van der Waals surface area contributed by atoms with Crippen LogP contribution in [0.25, 0.3) is 0 Å². The van der Waals surface area contributed by atoms with Crippen LogP contribution in [0.1, 0.15) is 55.3 Å². The third-order valence-corrected chi connectivity index (χ3v) is 4.68. The smallest absolute Gasteiger partial charge is 0.303 e. The predicted molar refractivity (Wildman–Crippen MR) is 86.3 cm³/mol. The van der Waals surface area contributed by atoms with Crippen molar-refractivity contribution in [1.82, 2.24) is 0 Å². The molecule has 0 radical (unpaired) electrons. The molecule has 0 aliphatic heterocycles. The molecule has 0 bridgehead atoms. The summed E-state index contributed by atoms with van der Waals surface area (Å²) in [5, 5.41) is 9.22. The number of rotatable bonds is 7. The summed E-state index contributed by atoms with van der Waals surface area (Å²) < 4.78 is 10.4. The highest BCUT2D eigenvalue weighted by molar-refractivity contribution is 5.97. The quantitative estimate of drug-likeness (QED) is 0.775. The van der Waals surface area contributed by atoms with Crippen molar-refractivity contribution in [2.45, 2.75) is 44.9 Å². The highest BCUT2D eigenvalue weighted by Gasteiger charge is 2.36. The molecule has 1 aromatic carbocycles. The maximum atomic E-state index is 12.7. The molecular formula is C18H24O5. The van der Waals surface area contributed by atoms with Crippen molar-refractivity contribution in [2.75, 3.05) is 14.2 Å². The van der Waals surface area contributed by atoms with E-state index in [-0.39, 0.29) is 18.6 Å². The number of Topliss-reactive ketones (excluding diaryl/α,β-unsaturated/α-hetero) is 1. The number of ketones is 1. The van der Waals surface area contributed by atoms with E-state index in [4.69, 9.17) is 9.47 Å². The minimum absolute atomic E-state index is 0.0332. The summed E-state index contributed by atoms with van der Waals surface area (Å²) in [5.41, 5.74) is 0.131. The monoisotopic (exact) mass is 320 g/mol. The number of ether oxygens (including phenoxy) is 2. The van der Waals surface area contributed by atoms with Gasteiger partial charge in [0.2, 0.25) is 0 Å². The number of hydrogen-bond acceptors (Lipinski definition) is 4. The van der Waals surface area contributed by atoms with E-state index >= 15 is 0 Å². The number of carbonyl (C=O) groups is 2. The average molecular weight is 320 g/mol. The van der Waals surface area contributed by atoms with Gasteiger partial charge in [-0.3, -0.25) is 9.59 Å². The lowest BCUT2D eigenvalue weighted by Crippen LogP contribution is -2.30. The minimum atomic E-state index is -0.827. The lowest BCUT2D eigenvalue weighted by Gasteiger charge is -2.35. The van der Waals surface area contributed by atoms with Gasteiger partial charge < -0.3 is 14.6 Å². The van der Waals surface area contributed by atoms with Crippen LogP contribution in [0.15, 0.2) is 18.2 Å². The van der Waals surface area contributed by atoms with Gasteiger partial charge in [0.1, 0.15) is 0 Å². The SMILES string of the molecule is COc1ccc(C(=O)CC2(CC(=O)O)CCCCC2)cc1OC. The summed E-state index contributed by atoms with van der Waals surface area (Å²) in [6.45, 7) is 0. The minimum Gasteiger partial charge on any atom is -0.493 e. The van der Waals surface area contributed by atoms with Crippen molar-refractivity contribution in [2.24, 2.45) is 5.41 Å². The Morgan fingerprint density at radius 3 is 2.26 bits per heavy atom. The van der Waals surface area contributed by atoms with E-state index in [1.54, 1.807) is 25.3 Å². The number of methoxy groups -OCH3 is 2. The molecule has 1 N–H and O–H groups in total. The van der Waals surface area contributed by atoms with E-state index in [9.17, 15) is 14.7 Å². The van der Waals surface area contributed by atoms with E-state index in [0.717, 1.165) is 32.1 Å². The molecule has 1 aliphatic rings. The molecule has 0 saturated heterocycles. The van der Waals surface area contributed by atoms with Crippen LogP contribution in [-0.4, -0.2) is 31.1 Å². The first-order chi connectivity index (χ1) is 11.0. The summed E-state index contributed by atoms with van der Waals surface area (Å²) in [6.07, 6.45) is 5.04. The Bertz CT molecular complexity index is 573. The van der Waals surface area contributed by atoms with Crippen molar-refractivity contribution < 1.29 is 24.2 Å². The Balaban J connectivity index is 2.19. The summed E-state index contributed by atoms with van der Waals surface area (Å²) in [6, 6.07) is 5.08. The van der Waals surface area contributed by atoms with Gasteiger partial charge >= 0.3 is 5.97 Å². The largest absolute Gasteiger partial charge is 0.493 e. The van der Waals surface area contributed by atoms with E-state index in [1.807, 2.05) is 0 Å². The number of benzene rings is 1. The molecule has 23 heavy (non-hydrogen) atoms. The molecule has 0 heterocycles. The van der Waals surface area contributed by atoms with Crippen molar-refractivity contribution >= 4 is 11.8 Å². The first-order valence-corrected chi connectivity index (χ1v) is 7.97. The molecule has 5 nitrogen and oxygen atoms in total. The van der Waals surface area contributed by atoms with Gasteiger partial charge in [0.05, 0.1) is 20.6 Å². The van der Waals surface area contributed by atoms with Crippen molar-refractivity contribution in [1.29, 1.82) is 0 Å². The molecule has 0 aromatic heterocycles. The molecule has 0 amide bonds. The van der Waals surface area contributed by atoms with Gasteiger partial charge in [-0.25, -0.2) is 0 Å². The summed E-state index contributed by atoms with van der Waals surface area (Å²) >= 11 is 0. The number of aliphatic carboxylic acids is 1. The van der Waals surface area contributed by atoms with Crippen LogP contribution in [0.5, 0.6) is 11.5 Å². The lowest BCUT2D eigenvalue weighted by atomic mass is 9.68. The molecule has 2 rings (SSSR count). The molecule has 1 fully saturated rings. The third kappa shape index (κ3) is 4.24. The van der Waals surface area contributed by atoms with Crippen LogP contribution >= 0.6 is 0 Å². The fourth-order valence-electron chi connectivity index (χ4n) is 3.49. The average Bonchev–Trinajstić information content (AvgIpc) is 2.54. The van der Waals surface area contributed by atoms with Crippen LogP contribution < -0.4 is 9.47 Å². The van der Waals surface area contributed by atoms with Gasteiger partial charge in [0, 0.05) is 12.0 Å². The normalized spacial score (nSPS) is 16.6. The molecule has 1 aliphatic carbocycles. The summed E-state index contributed by atoms with van der Waals surface area (Å²) in [7, 11) is 3.07. The highest BCUT2D eigenvalue weighted by Crippen LogP contribution is 2.43. The number of hydrogen-bond donors (Lipinski definition) is 1. The van der Waals surface area contributed by atoms with Crippen LogP contribution in [0, 0.1) is 5.41 Å². The summed E-state index contributed by atoms with van der Waals surface area (Å²) in [5.74, 6) is 0.220. The van der Waals surface area contributed by atoms with E-state index in [0.29, 0.717) is 17.1 Å². The standard InChI is InChI=1S/C18H24O5/c1-22-15-7-6-13(10-16(15)23-2)14(19)11-18(12-17(20)21)8-4-3-5-9-18/h6-7,10H,3-5,8-9,11-12H2,1-2H3,(H,20,21). The molecule has 1 aromatic rings. The van der Waals surface area contributed by atoms with E-state index in [2.05, 4.69) is 0 Å². The van der Waals surface area contributed by atoms with Gasteiger partial charge in [-0.15, -0.1) is 0 Å². The lowest BCUT2D eigenvalue weighted by molar-refractivity contribution is -0.140. The maximum absolute atomic E-state index is 12.7. The second-order valence-electron chi connectivity index (χ2n) is 6.30. The molecular weight excluding hydrogens is 296 g/mol. The van der Waals surface area contributed by atoms with Gasteiger partial charge in [-0.05, 0) is 36.5 Å². The van der Waals surface area contributed by atoms with Crippen molar-refractivity contribution in [3.63, 3.8) is 0 Å². The van der Waals surface area contributed by atoms with E-state index < -0.39 is 11.4 Å². The van der Waals surface area contributed by atoms with Crippen LogP contribution in [0.3, 0.4) is 0 Å². The highest BCUT2D eigenvalue weighted by atomic mass is 16.5. The molecule has 5 heteroatoms. The summed E-state index contributed by atoms with van der Waals surface area (Å²) in [4.78, 5) is 23.9. The Hall–Kier alpha value is -2.04. The molecule has 0 atom stereocenters. The van der Waals surface area contributed by atoms with Gasteiger partial charge in [-0.1, -0.05) is 19.3 Å². The molecule has 0 spiro atoms. The first-order valence-electron chi connectivity index (χ1n) is 7.97. The fourth-order valence-corrected chi connectivity index (χ4v) is 3.49. The number of carboxylic acid groups (broad SMARTS) is 1. The zero-order valence-electron chi connectivity index (χ0n) is 13.8. The Morgan fingerprint density at radius 2 is 1.70 bits per heavy atom. The third-order valence-electron chi connectivity index (χ3n) is 4.68. The Labute approximate surface area is 136 Å². The van der Waals surface area contributed by atoms with Gasteiger partial charge in [0.25, 0.3) is 0 Å². The first kappa shape index (κ1) is 17.3. The van der Waals surface area contributed by atoms with Crippen LogP contribution in [0.4, 0.5) is 0 Å². The molecule has 1 saturated carbocycles. The second kappa shape index (κ2) is 7.49. The zero-order chi connectivity index (χ0) is 16.9. The maximum Gasteiger partial charge on any atom is 0.303 e. The van der Waals surface area contributed by atoms with E-state index in [1.165, 1.54) is 7.11 Å². The molecule has 0 unspecified atom stereocenters. The Morgan fingerprint density at radius 1 is 1.04 bits per heavy atom. The zero-order valence-corrected chi connectivity index (χ0v) is 13.8. The van der Waals surface area contributed by atoms with Crippen LogP contribution in [-0.2, 0) is 4.79 Å². The molecule has 126 valence electrons. The van der Waals surface area contributed by atoms with Crippen molar-refractivity contribution in [3.8, 4) is 11.5 Å². The topological polar surface area (TPSA) is 72.8 Å². The fraction of sp³-hybridized carbons (Fsp3) is 0.556. The van der Waals surface area contributed by atoms with Crippen LogP contribution in [0.2, 0.25) is 0 Å². The number of carbonyl (C=O) groups excluding carboxylic acids is 1. The van der Waals surface area contributed by atoms with Gasteiger partial charge in [-0.2, -0.15) is 0 Å². The predicted octanol–water partition coefficient (Wildman–Crippen LogP) is 3.70. The Kier molecular flexibility index (Phi) is 5.64. The second-order valence-corrected chi connectivity index (χ2v) is 6.30.